The molecule has 0 aromatic heterocycles. The van der Waals surface area contributed by atoms with Crippen LogP contribution in [0.25, 0.3) is 0 Å². The van der Waals surface area contributed by atoms with Gasteiger partial charge in [0.15, 0.2) is 0 Å². The van der Waals surface area contributed by atoms with Crippen molar-refractivity contribution in [3.05, 3.63) is 0 Å². The fourth-order valence-corrected chi connectivity index (χ4v) is 0.292. The molecule has 0 radical (unpaired) electrons. The van der Waals surface area contributed by atoms with Gasteiger partial charge in [0, 0.05) is 0 Å². The number of cyclic esters (lactones) is 2. The summed E-state index contributed by atoms with van der Waals surface area (Å²) >= 11 is 0. The van der Waals surface area contributed by atoms with E-state index < -0.39 is 6.16 Å². The number of carbonyl (C=O) groups excluding carboxylic acids is 1. The van der Waals surface area contributed by atoms with E-state index in [4.69, 9.17) is 0 Å². The van der Waals surface area contributed by atoms with Crippen LogP contribution in [0.3, 0.4) is 0 Å². The third kappa shape index (κ3) is 2.44. The molecule has 1 fully saturated rings. The SMILES string of the molecule is C.C.O=C1OCCO1. The van der Waals surface area contributed by atoms with Gasteiger partial charge < -0.3 is 9.47 Å². The molecule has 0 aromatic carbocycles. The number of ether oxygens (including phenoxy) is 2. The molecule has 1 aliphatic rings. The first-order chi connectivity index (χ1) is 2.89. The topological polar surface area (TPSA) is 35.5 Å². The van der Waals surface area contributed by atoms with Gasteiger partial charge in [-0.05, 0) is 0 Å². The standard InChI is InChI=1S/C3H4O3.2CH4/c4-3-5-1-2-6-3;;/h1-2H2;2*1H4. The molecule has 0 atom stereocenters. The second-order valence-electron chi connectivity index (χ2n) is 0.947. The van der Waals surface area contributed by atoms with Gasteiger partial charge in [0.05, 0.1) is 0 Å². The largest absolute Gasteiger partial charge is 0.508 e. The van der Waals surface area contributed by atoms with Crippen molar-refractivity contribution in [2.75, 3.05) is 13.2 Å². The highest BCUT2D eigenvalue weighted by molar-refractivity contribution is 5.61. The van der Waals surface area contributed by atoms with Crippen LogP contribution in [-0.4, -0.2) is 19.4 Å². The maximum Gasteiger partial charge on any atom is 0.508 e. The lowest BCUT2D eigenvalue weighted by molar-refractivity contribution is 0.131. The molecular weight excluding hydrogens is 108 g/mol. The summed E-state index contributed by atoms with van der Waals surface area (Å²) in [6, 6.07) is 0. The normalized spacial score (nSPS) is 14.8. The van der Waals surface area contributed by atoms with Gasteiger partial charge in [0.2, 0.25) is 0 Å². The quantitative estimate of drug-likeness (QED) is 0.453. The van der Waals surface area contributed by atoms with E-state index in [2.05, 4.69) is 9.47 Å². The van der Waals surface area contributed by atoms with Crippen LogP contribution in [0.15, 0.2) is 0 Å². The monoisotopic (exact) mass is 120 g/mol. The molecule has 3 heteroatoms. The maximum atomic E-state index is 9.80. The van der Waals surface area contributed by atoms with Crippen LogP contribution in [-0.2, 0) is 9.47 Å². The predicted octanol–water partition coefficient (Wildman–Crippen LogP) is 1.43. The first kappa shape index (κ1) is 10.3. The van der Waals surface area contributed by atoms with Crippen molar-refractivity contribution in [3.63, 3.8) is 0 Å². The lowest BCUT2D eigenvalue weighted by atomic mass is 10.8. The summed E-state index contributed by atoms with van der Waals surface area (Å²) in [5.74, 6) is 0. The van der Waals surface area contributed by atoms with E-state index in [0.717, 1.165) is 0 Å². The van der Waals surface area contributed by atoms with Gasteiger partial charge in [0.1, 0.15) is 13.2 Å². The molecule has 0 aromatic rings. The lowest BCUT2D eigenvalue weighted by Crippen LogP contribution is -1.88. The summed E-state index contributed by atoms with van der Waals surface area (Å²) in [6.45, 7) is 0.831. The molecule has 0 aliphatic carbocycles. The molecule has 0 amide bonds. The smallest absolute Gasteiger partial charge is 0.431 e. The average Bonchev–Trinajstić information content (AvgIpc) is 1.86. The second kappa shape index (κ2) is 4.43. The first-order valence-corrected chi connectivity index (χ1v) is 1.69. The zero-order valence-corrected chi connectivity index (χ0v) is 3.14. The molecule has 1 rings (SSSR count). The van der Waals surface area contributed by atoms with Gasteiger partial charge in [0.25, 0.3) is 0 Å². The Morgan fingerprint density at radius 3 is 1.62 bits per heavy atom. The van der Waals surface area contributed by atoms with Crippen molar-refractivity contribution in [1.29, 1.82) is 0 Å². The van der Waals surface area contributed by atoms with Gasteiger partial charge in [-0.2, -0.15) is 0 Å². The van der Waals surface area contributed by atoms with E-state index in [9.17, 15) is 4.79 Å². The molecule has 50 valence electrons. The van der Waals surface area contributed by atoms with Gasteiger partial charge in [-0.1, -0.05) is 14.9 Å². The summed E-state index contributed by atoms with van der Waals surface area (Å²) in [4.78, 5) is 9.80. The summed E-state index contributed by atoms with van der Waals surface area (Å²) in [5.41, 5.74) is 0. The van der Waals surface area contributed by atoms with Crippen LogP contribution in [0.1, 0.15) is 14.9 Å². The van der Waals surface area contributed by atoms with E-state index in [0.29, 0.717) is 13.2 Å². The third-order valence-corrected chi connectivity index (χ3v) is 0.523. The van der Waals surface area contributed by atoms with Crippen LogP contribution >= 0.6 is 0 Å². The molecule has 0 N–H and O–H groups in total. The highest BCUT2D eigenvalue weighted by Gasteiger charge is 2.09. The number of hydrogen-bond donors (Lipinski definition) is 0. The van der Waals surface area contributed by atoms with E-state index in [1.54, 1.807) is 0 Å². The molecule has 1 aliphatic heterocycles. The molecule has 1 saturated heterocycles. The Morgan fingerprint density at radius 2 is 1.50 bits per heavy atom. The number of carbonyl (C=O) groups is 1. The van der Waals surface area contributed by atoms with Crippen LogP contribution in [0.2, 0.25) is 0 Å². The Kier molecular flexibility index (Phi) is 5.70. The Balaban J connectivity index is 0. The summed E-state index contributed by atoms with van der Waals surface area (Å²) in [5, 5.41) is 0. The molecule has 0 spiro atoms. The van der Waals surface area contributed by atoms with Crippen molar-refractivity contribution < 1.29 is 14.3 Å². The van der Waals surface area contributed by atoms with Gasteiger partial charge in [-0.3, -0.25) is 0 Å². The Hall–Kier alpha value is -0.730. The van der Waals surface area contributed by atoms with Gasteiger partial charge >= 0.3 is 6.16 Å². The van der Waals surface area contributed by atoms with Crippen molar-refractivity contribution in [1.82, 2.24) is 0 Å². The Bertz CT molecular complexity index is 62.1. The molecule has 3 nitrogen and oxygen atoms in total. The van der Waals surface area contributed by atoms with E-state index in [1.807, 2.05) is 0 Å². The lowest BCUT2D eigenvalue weighted by Gasteiger charge is -1.78. The van der Waals surface area contributed by atoms with Crippen molar-refractivity contribution in [2.24, 2.45) is 0 Å². The van der Waals surface area contributed by atoms with Crippen molar-refractivity contribution in [2.45, 2.75) is 14.9 Å². The fraction of sp³-hybridized carbons (Fsp3) is 0.800. The zero-order valence-electron chi connectivity index (χ0n) is 3.14. The Morgan fingerprint density at radius 1 is 1.12 bits per heavy atom. The predicted molar refractivity (Wildman–Crippen MR) is 30.8 cm³/mol. The van der Waals surface area contributed by atoms with Crippen LogP contribution in [0.5, 0.6) is 0 Å². The summed E-state index contributed by atoms with van der Waals surface area (Å²) in [7, 11) is 0. The maximum absolute atomic E-state index is 9.80. The minimum atomic E-state index is -0.546. The first-order valence-electron chi connectivity index (χ1n) is 1.69. The van der Waals surface area contributed by atoms with E-state index >= 15 is 0 Å². The second-order valence-corrected chi connectivity index (χ2v) is 0.947. The summed E-state index contributed by atoms with van der Waals surface area (Å²) < 4.78 is 8.58. The average molecular weight is 120 g/mol. The van der Waals surface area contributed by atoms with E-state index in [1.165, 1.54) is 0 Å². The van der Waals surface area contributed by atoms with Gasteiger partial charge in [-0.25, -0.2) is 4.79 Å². The fourth-order valence-electron chi connectivity index (χ4n) is 0.292. The summed E-state index contributed by atoms with van der Waals surface area (Å²) in [6.07, 6.45) is -0.546. The molecular formula is C5H12O3. The Labute approximate surface area is 49.6 Å². The highest BCUT2D eigenvalue weighted by atomic mass is 16.8. The van der Waals surface area contributed by atoms with Crippen molar-refractivity contribution in [3.8, 4) is 0 Å². The molecule has 0 saturated carbocycles. The third-order valence-electron chi connectivity index (χ3n) is 0.523. The van der Waals surface area contributed by atoms with Crippen LogP contribution in [0.4, 0.5) is 4.79 Å². The zero-order chi connectivity index (χ0) is 4.41. The van der Waals surface area contributed by atoms with E-state index in [-0.39, 0.29) is 14.9 Å². The number of rotatable bonds is 0. The molecule has 0 unspecified atom stereocenters. The molecule has 1 heterocycles. The minimum Gasteiger partial charge on any atom is -0.431 e. The van der Waals surface area contributed by atoms with Crippen molar-refractivity contribution >= 4 is 6.16 Å². The molecule has 0 bridgehead atoms. The van der Waals surface area contributed by atoms with Crippen LogP contribution < -0.4 is 0 Å². The number of hydrogen-bond acceptors (Lipinski definition) is 3. The van der Waals surface area contributed by atoms with Crippen LogP contribution in [0, 0.1) is 0 Å². The highest BCUT2D eigenvalue weighted by Crippen LogP contribution is 1.92. The molecule has 8 heavy (non-hydrogen) atoms. The van der Waals surface area contributed by atoms with Gasteiger partial charge in [-0.15, -0.1) is 0 Å². The minimum absolute atomic E-state index is 0.